The summed E-state index contributed by atoms with van der Waals surface area (Å²) in [6.07, 6.45) is 6.69. The number of hydrogen-bond acceptors (Lipinski definition) is 4. The molecular weight excluding hydrogens is 386 g/mol. The summed E-state index contributed by atoms with van der Waals surface area (Å²) >= 11 is 5.80. The Morgan fingerprint density at radius 3 is 2.44 bits per heavy atom. The van der Waals surface area contributed by atoms with Gasteiger partial charge in [-0.3, -0.25) is 9.69 Å². The minimum absolute atomic E-state index is 0.0428. The molecule has 3 rings (SSSR count). The predicted octanol–water partition coefficient (Wildman–Crippen LogP) is 3.38. The molecule has 0 saturated heterocycles. The van der Waals surface area contributed by atoms with E-state index in [4.69, 9.17) is 11.6 Å². The van der Waals surface area contributed by atoms with Gasteiger partial charge < -0.3 is 0 Å². The predicted molar refractivity (Wildman–Crippen MR) is 105 cm³/mol. The third kappa shape index (κ3) is 5.06. The van der Waals surface area contributed by atoms with Crippen LogP contribution in [0.25, 0.3) is 0 Å². The van der Waals surface area contributed by atoms with Gasteiger partial charge >= 0.3 is 0 Å². The Morgan fingerprint density at radius 1 is 1.11 bits per heavy atom. The molecule has 2 aromatic rings. The molecule has 144 valence electrons. The molecule has 1 aliphatic rings. The summed E-state index contributed by atoms with van der Waals surface area (Å²) in [5, 5.41) is 0.448. The Morgan fingerprint density at radius 2 is 1.81 bits per heavy atom. The highest BCUT2D eigenvalue weighted by atomic mass is 35.5. The topological polar surface area (TPSA) is 79.4 Å². The van der Waals surface area contributed by atoms with Gasteiger partial charge in [0.15, 0.2) is 0 Å². The van der Waals surface area contributed by atoms with E-state index in [2.05, 4.69) is 9.71 Å². The average Bonchev–Trinajstić information content (AvgIpc) is 2.69. The van der Waals surface area contributed by atoms with Crippen LogP contribution in [-0.2, 0) is 14.8 Å². The van der Waals surface area contributed by atoms with Crippen LogP contribution < -0.4 is 9.62 Å². The number of benzene rings is 1. The van der Waals surface area contributed by atoms with Gasteiger partial charge in [-0.1, -0.05) is 36.9 Å². The van der Waals surface area contributed by atoms with Gasteiger partial charge in [0.25, 0.3) is 0 Å². The van der Waals surface area contributed by atoms with E-state index in [-0.39, 0.29) is 23.4 Å². The van der Waals surface area contributed by atoms with Gasteiger partial charge in [-0.05, 0) is 49.2 Å². The summed E-state index contributed by atoms with van der Waals surface area (Å²) in [7, 11) is -3.80. The maximum Gasteiger partial charge on any atom is 0.243 e. The second-order valence-electron chi connectivity index (χ2n) is 6.52. The van der Waals surface area contributed by atoms with E-state index >= 15 is 0 Å². The number of nitrogens with one attached hydrogen (secondary N) is 1. The molecule has 0 bridgehead atoms. The highest BCUT2D eigenvalue weighted by Crippen LogP contribution is 2.26. The number of pyridine rings is 1. The second-order valence-corrected chi connectivity index (χ2v) is 8.73. The summed E-state index contributed by atoms with van der Waals surface area (Å²) < 4.78 is 27.3. The quantitative estimate of drug-likeness (QED) is 0.796. The van der Waals surface area contributed by atoms with Gasteiger partial charge in [0.05, 0.1) is 11.4 Å². The lowest BCUT2D eigenvalue weighted by atomic mass is 9.94. The molecule has 1 heterocycles. The maximum atomic E-state index is 12.9. The molecule has 1 saturated carbocycles. The van der Waals surface area contributed by atoms with Gasteiger partial charge in [0, 0.05) is 17.3 Å². The fourth-order valence-corrected chi connectivity index (χ4v) is 4.39. The SMILES string of the molecule is O=C(CNS(=O)(=O)c1ccc(Cl)cc1)N(c1ccccn1)C1CCCCC1. The number of rotatable bonds is 6. The first-order chi connectivity index (χ1) is 13.0. The van der Waals surface area contributed by atoms with Gasteiger partial charge in [-0.2, -0.15) is 0 Å². The van der Waals surface area contributed by atoms with Crippen molar-refractivity contribution in [3.05, 3.63) is 53.7 Å². The van der Waals surface area contributed by atoms with Crippen molar-refractivity contribution >= 4 is 33.3 Å². The van der Waals surface area contributed by atoms with E-state index in [1.165, 1.54) is 24.3 Å². The van der Waals surface area contributed by atoms with Crippen molar-refractivity contribution in [3.63, 3.8) is 0 Å². The summed E-state index contributed by atoms with van der Waals surface area (Å²) in [6, 6.07) is 11.3. The van der Waals surface area contributed by atoms with Crippen molar-refractivity contribution in [2.45, 2.75) is 43.0 Å². The lowest BCUT2D eigenvalue weighted by molar-refractivity contribution is -0.118. The van der Waals surface area contributed by atoms with Crippen LogP contribution in [-0.4, -0.2) is 31.9 Å². The largest absolute Gasteiger partial charge is 0.293 e. The smallest absolute Gasteiger partial charge is 0.243 e. The van der Waals surface area contributed by atoms with Crippen molar-refractivity contribution in [2.75, 3.05) is 11.4 Å². The molecule has 1 amide bonds. The molecule has 6 nitrogen and oxygen atoms in total. The summed E-state index contributed by atoms with van der Waals surface area (Å²) in [6.45, 7) is -0.321. The van der Waals surface area contributed by atoms with Crippen molar-refractivity contribution in [1.82, 2.24) is 9.71 Å². The van der Waals surface area contributed by atoms with Crippen molar-refractivity contribution < 1.29 is 13.2 Å². The van der Waals surface area contributed by atoms with E-state index in [1.807, 2.05) is 6.07 Å². The minimum atomic E-state index is -3.80. The number of anilines is 1. The standard InChI is InChI=1S/C19H22ClN3O3S/c20-15-9-11-17(12-10-15)27(25,26)22-14-19(24)23(16-6-2-1-3-7-16)18-8-4-5-13-21-18/h4-5,8-13,16,22H,1-3,6-7,14H2. The van der Waals surface area contributed by atoms with Crippen LogP contribution in [0.1, 0.15) is 32.1 Å². The van der Waals surface area contributed by atoms with Crippen molar-refractivity contribution in [2.24, 2.45) is 0 Å². The third-order valence-electron chi connectivity index (χ3n) is 4.64. The Hall–Kier alpha value is -1.96. The summed E-state index contributed by atoms with van der Waals surface area (Å²) in [4.78, 5) is 18.9. The number of hydrogen-bond donors (Lipinski definition) is 1. The summed E-state index contributed by atoms with van der Waals surface area (Å²) in [5.74, 6) is 0.248. The fourth-order valence-electron chi connectivity index (χ4n) is 3.29. The zero-order valence-electron chi connectivity index (χ0n) is 14.8. The molecule has 1 aromatic carbocycles. The molecule has 8 heteroatoms. The lowest BCUT2D eigenvalue weighted by Crippen LogP contribution is -2.47. The Labute approximate surface area is 164 Å². The first kappa shape index (κ1) is 19.8. The first-order valence-corrected chi connectivity index (χ1v) is 10.8. The number of carbonyl (C=O) groups is 1. The van der Waals surface area contributed by atoms with E-state index in [0.29, 0.717) is 10.8 Å². The zero-order chi connectivity index (χ0) is 19.3. The summed E-state index contributed by atoms with van der Waals surface area (Å²) in [5.41, 5.74) is 0. The molecule has 0 unspecified atom stereocenters. The first-order valence-electron chi connectivity index (χ1n) is 8.96. The van der Waals surface area contributed by atoms with E-state index in [1.54, 1.807) is 23.2 Å². The van der Waals surface area contributed by atoms with E-state index < -0.39 is 10.0 Å². The van der Waals surface area contributed by atoms with Crippen LogP contribution in [0, 0.1) is 0 Å². The molecular formula is C19H22ClN3O3S. The Balaban J connectivity index is 1.75. The van der Waals surface area contributed by atoms with Gasteiger partial charge in [0.2, 0.25) is 15.9 Å². The fraction of sp³-hybridized carbons (Fsp3) is 0.368. The molecule has 27 heavy (non-hydrogen) atoms. The van der Waals surface area contributed by atoms with Crippen LogP contribution in [0.5, 0.6) is 0 Å². The van der Waals surface area contributed by atoms with E-state index in [9.17, 15) is 13.2 Å². The number of carbonyl (C=O) groups excluding carboxylic acids is 1. The van der Waals surface area contributed by atoms with Crippen LogP contribution in [0.4, 0.5) is 5.82 Å². The molecule has 1 fully saturated rings. The lowest BCUT2D eigenvalue weighted by Gasteiger charge is -2.33. The Kier molecular flexibility index (Phi) is 6.46. The van der Waals surface area contributed by atoms with Gasteiger partial charge in [-0.15, -0.1) is 0 Å². The second kappa shape index (κ2) is 8.82. The monoisotopic (exact) mass is 407 g/mol. The number of amides is 1. The molecule has 0 aliphatic heterocycles. The Bertz CT molecular complexity index is 867. The van der Waals surface area contributed by atoms with E-state index in [0.717, 1.165) is 32.1 Å². The van der Waals surface area contributed by atoms with Crippen molar-refractivity contribution in [3.8, 4) is 0 Å². The molecule has 1 N–H and O–H groups in total. The molecule has 0 radical (unpaired) electrons. The maximum absolute atomic E-state index is 12.9. The highest BCUT2D eigenvalue weighted by Gasteiger charge is 2.28. The van der Waals surface area contributed by atoms with Gasteiger partial charge in [-0.25, -0.2) is 18.1 Å². The number of aromatic nitrogens is 1. The molecule has 1 aromatic heterocycles. The van der Waals surface area contributed by atoms with Crippen LogP contribution in [0.3, 0.4) is 0 Å². The average molecular weight is 408 g/mol. The van der Waals surface area contributed by atoms with Crippen LogP contribution >= 0.6 is 11.6 Å². The molecule has 0 spiro atoms. The molecule has 1 aliphatic carbocycles. The number of nitrogens with zero attached hydrogens (tertiary/aromatic N) is 2. The number of sulfonamides is 1. The third-order valence-corrected chi connectivity index (χ3v) is 6.31. The van der Waals surface area contributed by atoms with Crippen LogP contribution in [0.2, 0.25) is 5.02 Å². The van der Waals surface area contributed by atoms with Gasteiger partial charge in [0.1, 0.15) is 5.82 Å². The molecule has 0 atom stereocenters. The minimum Gasteiger partial charge on any atom is -0.293 e. The normalized spacial score (nSPS) is 15.4. The zero-order valence-corrected chi connectivity index (χ0v) is 16.4. The van der Waals surface area contributed by atoms with Crippen molar-refractivity contribution in [1.29, 1.82) is 0 Å². The van der Waals surface area contributed by atoms with Crippen LogP contribution in [0.15, 0.2) is 53.6 Å². The highest BCUT2D eigenvalue weighted by molar-refractivity contribution is 7.89. The number of halogens is 1.